The molecule has 0 unspecified atom stereocenters. The molecule has 1 aromatic carbocycles. The minimum absolute atomic E-state index is 0.239. The van der Waals surface area contributed by atoms with Crippen LogP contribution in [0.5, 0.6) is 0 Å². The highest BCUT2D eigenvalue weighted by molar-refractivity contribution is 5.89. The van der Waals surface area contributed by atoms with Crippen LogP contribution in [-0.2, 0) is 9.47 Å². The van der Waals surface area contributed by atoms with Crippen molar-refractivity contribution in [2.24, 2.45) is 5.92 Å². The van der Waals surface area contributed by atoms with Gasteiger partial charge >= 0.3 is 5.97 Å². The minimum Gasteiger partial charge on any atom is -0.465 e. The van der Waals surface area contributed by atoms with Gasteiger partial charge in [0.1, 0.15) is 0 Å². The molecule has 0 spiro atoms. The van der Waals surface area contributed by atoms with Gasteiger partial charge in [0.15, 0.2) is 0 Å². The van der Waals surface area contributed by atoms with Crippen LogP contribution in [0.1, 0.15) is 34.9 Å². The molecule has 1 N–H and O–H groups in total. The predicted molar refractivity (Wildman–Crippen MR) is 66.3 cm³/mol. The van der Waals surface area contributed by atoms with E-state index in [1.165, 1.54) is 7.11 Å². The third kappa shape index (κ3) is 2.89. The zero-order chi connectivity index (χ0) is 13.0. The Morgan fingerprint density at radius 3 is 2.50 bits per heavy atom. The maximum absolute atomic E-state index is 11.3. The Kier molecular flexibility index (Phi) is 4.33. The highest BCUT2D eigenvalue weighted by atomic mass is 16.5. The van der Waals surface area contributed by atoms with Gasteiger partial charge in [-0.05, 0) is 36.5 Å². The van der Waals surface area contributed by atoms with Gasteiger partial charge in [-0.2, -0.15) is 0 Å². The predicted octanol–water partition coefficient (Wildman–Crippen LogP) is 1.93. The van der Waals surface area contributed by atoms with Gasteiger partial charge in [-0.15, -0.1) is 0 Å². The van der Waals surface area contributed by atoms with Crippen LogP contribution in [0.4, 0.5) is 0 Å². The summed E-state index contributed by atoms with van der Waals surface area (Å²) in [6.07, 6.45) is 1.26. The van der Waals surface area contributed by atoms with Gasteiger partial charge in [0.25, 0.3) is 0 Å². The second-order valence-electron chi connectivity index (χ2n) is 4.51. The first-order valence-electron chi connectivity index (χ1n) is 6.16. The third-order valence-corrected chi connectivity index (χ3v) is 3.39. The molecule has 98 valence electrons. The van der Waals surface area contributed by atoms with Crippen LogP contribution in [-0.4, -0.2) is 31.4 Å². The summed E-state index contributed by atoms with van der Waals surface area (Å²) in [6, 6.07) is 6.94. The lowest BCUT2D eigenvalue weighted by Crippen LogP contribution is -2.22. The molecule has 0 amide bonds. The molecule has 0 aliphatic carbocycles. The van der Waals surface area contributed by atoms with Crippen LogP contribution >= 0.6 is 0 Å². The van der Waals surface area contributed by atoms with E-state index in [1.54, 1.807) is 24.3 Å². The van der Waals surface area contributed by atoms with Crippen LogP contribution in [0.25, 0.3) is 0 Å². The lowest BCUT2D eigenvalue weighted by atomic mass is 9.89. The van der Waals surface area contributed by atoms with Gasteiger partial charge in [-0.1, -0.05) is 12.1 Å². The molecule has 1 fully saturated rings. The molecular formula is C14H18O4. The van der Waals surface area contributed by atoms with Crippen molar-refractivity contribution in [2.45, 2.75) is 18.9 Å². The third-order valence-electron chi connectivity index (χ3n) is 3.39. The summed E-state index contributed by atoms with van der Waals surface area (Å²) in [5.41, 5.74) is 1.34. The number of aliphatic hydroxyl groups is 1. The molecule has 1 atom stereocenters. The Morgan fingerprint density at radius 2 is 1.94 bits per heavy atom. The normalized spacial score (nSPS) is 18.3. The monoisotopic (exact) mass is 250 g/mol. The van der Waals surface area contributed by atoms with Crippen molar-refractivity contribution in [2.75, 3.05) is 20.3 Å². The van der Waals surface area contributed by atoms with E-state index in [0.717, 1.165) is 18.4 Å². The maximum Gasteiger partial charge on any atom is 0.337 e. The van der Waals surface area contributed by atoms with Crippen LogP contribution < -0.4 is 0 Å². The van der Waals surface area contributed by atoms with E-state index in [1.807, 2.05) is 0 Å². The molecule has 18 heavy (non-hydrogen) atoms. The summed E-state index contributed by atoms with van der Waals surface area (Å²) in [5.74, 6) is -0.121. The average Bonchev–Trinajstić information content (AvgIpc) is 2.47. The second-order valence-corrected chi connectivity index (χ2v) is 4.51. The van der Waals surface area contributed by atoms with E-state index in [-0.39, 0.29) is 11.9 Å². The fraction of sp³-hybridized carbons (Fsp3) is 0.500. The van der Waals surface area contributed by atoms with E-state index in [0.29, 0.717) is 18.8 Å². The molecule has 0 aromatic heterocycles. The summed E-state index contributed by atoms with van der Waals surface area (Å²) in [7, 11) is 1.35. The average molecular weight is 250 g/mol. The van der Waals surface area contributed by atoms with Crippen LogP contribution in [0.15, 0.2) is 24.3 Å². The van der Waals surface area contributed by atoms with Gasteiger partial charge in [-0.25, -0.2) is 4.79 Å². The van der Waals surface area contributed by atoms with Gasteiger partial charge in [0.05, 0.1) is 18.8 Å². The van der Waals surface area contributed by atoms with E-state index in [4.69, 9.17) is 4.74 Å². The molecule has 1 saturated heterocycles. The van der Waals surface area contributed by atoms with Gasteiger partial charge in [0.2, 0.25) is 0 Å². The van der Waals surface area contributed by atoms with Crippen LogP contribution in [0.3, 0.4) is 0 Å². The summed E-state index contributed by atoms with van der Waals surface area (Å²) in [6.45, 7) is 1.42. The number of hydrogen-bond donors (Lipinski definition) is 1. The fourth-order valence-corrected chi connectivity index (χ4v) is 2.24. The van der Waals surface area contributed by atoms with Crippen molar-refractivity contribution in [3.8, 4) is 0 Å². The van der Waals surface area contributed by atoms with Crippen molar-refractivity contribution in [1.29, 1.82) is 0 Å². The number of ether oxygens (including phenoxy) is 2. The number of benzene rings is 1. The molecule has 0 radical (unpaired) electrons. The van der Waals surface area contributed by atoms with Gasteiger partial charge in [0, 0.05) is 13.2 Å². The number of carbonyl (C=O) groups is 1. The largest absolute Gasteiger partial charge is 0.465 e. The van der Waals surface area contributed by atoms with Gasteiger partial charge < -0.3 is 14.6 Å². The van der Waals surface area contributed by atoms with E-state index < -0.39 is 6.10 Å². The summed E-state index contributed by atoms with van der Waals surface area (Å²) < 4.78 is 9.91. The van der Waals surface area contributed by atoms with Crippen molar-refractivity contribution in [1.82, 2.24) is 0 Å². The highest BCUT2D eigenvalue weighted by Gasteiger charge is 2.23. The molecule has 1 heterocycles. The number of carbonyl (C=O) groups excluding carboxylic acids is 1. The van der Waals surface area contributed by atoms with Crippen LogP contribution in [0, 0.1) is 5.92 Å². The first-order chi connectivity index (χ1) is 8.72. The van der Waals surface area contributed by atoms with Crippen molar-refractivity contribution >= 4 is 5.97 Å². The molecule has 0 saturated carbocycles. The second kappa shape index (κ2) is 5.98. The van der Waals surface area contributed by atoms with E-state index in [2.05, 4.69) is 4.74 Å². The molecule has 4 nitrogen and oxygen atoms in total. The lowest BCUT2D eigenvalue weighted by Gasteiger charge is -2.27. The van der Waals surface area contributed by atoms with E-state index in [9.17, 15) is 9.90 Å². The SMILES string of the molecule is COC(=O)c1ccc([C@@H](O)C2CCOCC2)cc1. The number of rotatable bonds is 3. The molecule has 2 rings (SSSR count). The topological polar surface area (TPSA) is 55.8 Å². The van der Waals surface area contributed by atoms with Crippen molar-refractivity contribution < 1.29 is 19.4 Å². The Hall–Kier alpha value is -1.39. The molecular weight excluding hydrogens is 232 g/mol. The lowest BCUT2D eigenvalue weighted by molar-refractivity contribution is 0.00717. The smallest absolute Gasteiger partial charge is 0.337 e. The Bertz CT molecular complexity index is 393. The zero-order valence-corrected chi connectivity index (χ0v) is 10.5. The highest BCUT2D eigenvalue weighted by Crippen LogP contribution is 2.29. The minimum atomic E-state index is -0.486. The Morgan fingerprint density at radius 1 is 1.33 bits per heavy atom. The number of aliphatic hydroxyl groups excluding tert-OH is 1. The Balaban J connectivity index is 2.06. The van der Waals surface area contributed by atoms with Crippen LogP contribution in [0.2, 0.25) is 0 Å². The number of methoxy groups -OCH3 is 1. The first kappa shape index (κ1) is 13.1. The summed E-state index contributed by atoms with van der Waals surface area (Å²) in [4.78, 5) is 11.3. The first-order valence-corrected chi connectivity index (χ1v) is 6.16. The van der Waals surface area contributed by atoms with E-state index >= 15 is 0 Å². The number of hydrogen-bond acceptors (Lipinski definition) is 4. The zero-order valence-electron chi connectivity index (χ0n) is 10.5. The Labute approximate surface area is 107 Å². The van der Waals surface area contributed by atoms with Gasteiger partial charge in [-0.3, -0.25) is 0 Å². The molecule has 1 aliphatic heterocycles. The summed E-state index contributed by atoms with van der Waals surface area (Å²) >= 11 is 0. The quantitative estimate of drug-likeness (QED) is 0.833. The molecule has 0 bridgehead atoms. The molecule has 4 heteroatoms. The fourth-order valence-electron chi connectivity index (χ4n) is 2.24. The maximum atomic E-state index is 11.3. The standard InChI is InChI=1S/C14H18O4/c1-17-14(16)12-4-2-10(3-5-12)13(15)11-6-8-18-9-7-11/h2-5,11,13,15H,6-9H2,1H3/t13-/m1/s1. The molecule has 1 aliphatic rings. The van der Waals surface area contributed by atoms with Crippen molar-refractivity contribution in [3.63, 3.8) is 0 Å². The number of esters is 1. The van der Waals surface area contributed by atoms with Crippen molar-refractivity contribution in [3.05, 3.63) is 35.4 Å². The summed E-state index contributed by atoms with van der Waals surface area (Å²) in [5, 5.41) is 10.3. The molecule has 1 aromatic rings.